The number of methoxy groups -OCH3 is 1. The molecular weight excluding hydrogens is 304 g/mol. The lowest BCUT2D eigenvalue weighted by atomic mass is 10.1. The number of esters is 1. The fourth-order valence-electron chi connectivity index (χ4n) is 3.62. The number of hydrogen-bond donors (Lipinski definition) is 0. The van der Waals surface area contributed by atoms with E-state index in [9.17, 15) is 4.79 Å². The van der Waals surface area contributed by atoms with Gasteiger partial charge in [0.25, 0.3) is 0 Å². The molecule has 0 amide bonds. The highest BCUT2D eigenvalue weighted by Gasteiger charge is 2.50. The van der Waals surface area contributed by atoms with Crippen LogP contribution in [-0.4, -0.2) is 33.5 Å². The second-order valence-electron chi connectivity index (χ2n) is 6.14. The maximum absolute atomic E-state index is 12.3. The van der Waals surface area contributed by atoms with Crippen molar-refractivity contribution in [3.05, 3.63) is 60.7 Å². The van der Waals surface area contributed by atoms with Gasteiger partial charge < -0.3 is 9.47 Å². The van der Waals surface area contributed by atoms with Crippen molar-refractivity contribution in [2.75, 3.05) is 13.7 Å². The predicted octanol–water partition coefficient (Wildman–Crippen LogP) is 2.00. The largest absolute Gasteiger partial charge is 0.469 e. The number of ether oxygens (including phenoxy) is 2. The van der Waals surface area contributed by atoms with Gasteiger partial charge in [-0.1, -0.05) is 77.6 Å². The van der Waals surface area contributed by atoms with Crippen LogP contribution in [0.5, 0.6) is 0 Å². The molecule has 2 aromatic carbocycles. The standard InChI is InChI=1S/C19H22O3Si/c1-21-18(20)17-13-14-22-19(17)23(2,15-9-5-3-6-10-15)16-11-7-4-8-12-16/h3-12,17,19H,13-14H2,1-2H3/t17-,19-/m1/s1. The Bertz CT molecular complexity index is 617. The summed E-state index contributed by atoms with van der Waals surface area (Å²) in [6.45, 7) is 2.91. The number of carbonyl (C=O) groups is 1. The van der Waals surface area contributed by atoms with Crippen LogP contribution in [0.1, 0.15) is 6.42 Å². The van der Waals surface area contributed by atoms with Gasteiger partial charge in [0.2, 0.25) is 0 Å². The van der Waals surface area contributed by atoms with E-state index >= 15 is 0 Å². The minimum absolute atomic E-state index is 0.0975. The Labute approximate surface area is 138 Å². The number of benzene rings is 2. The summed E-state index contributed by atoms with van der Waals surface area (Å²) in [5, 5.41) is 2.57. The molecule has 0 bridgehead atoms. The smallest absolute Gasteiger partial charge is 0.311 e. The number of carbonyl (C=O) groups excluding carboxylic acids is 1. The van der Waals surface area contributed by atoms with Gasteiger partial charge in [-0.2, -0.15) is 0 Å². The van der Waals surface area contributed by atoms with Gasteiger partial charge in [-0.15, -0.1) is 0 Å². The van der Waals surface area contributed by atoms with Crippen molar-refractivity contribution < 1.29 is 14.3 Å². The summed E-state index contributed by atoms with van der Waals surface area (Å²) in [4.78, 5) is 12.3. The van der Waals surface area contributed by atoms with Gasteiger partial charge in [0.1, 0.15) is 8.07 Å². The Morgan fingerprint density at radius 2 is 1.57 bits per heavy atom. The molecule has 0 spiro atoms. The van der Waals surface area contributed by atoms with E-state index in [1.165, 1.54) is 17.5 Å². The molecule has 1 aliphatic heterocycles. The lowest BCUT2D eigenvalue weighted by Crippen LogP contribution is -2.66. The van der Waals surface area contributed by atoms with E-state index in [4.69, 9.17) is 9.47 Å². The first-order valence-electron chi connectivity index (χ1n) is 7.98. The minimum Gasteiger partial charge on any atom is -0.469 e. The molecule has 2 aromatic rings. The van der Waals surface area contributed by atoms with E-state index in [0.717, 1.165) is 6.42 Å². The van der Waals surface area contributed by atoms with Crippen molar-refractivity contribution in [3.63, 3.8) is 0 Å². The van der Waals surface area contributed by atoms with Crippen molar-refractivity contribution in [2.45, 2.75) is 18.7 Å². The summed E-state index contributed by atoms with van der Waals surface area (Å²) < 4.78 is 11.2. The molecule has 1 saturated heterocycles. The Balaban J connectivity index is 2.11. The molecule has 23 heavy (non-hydrogen) atoms. The molecule has 0 radical (unpaired) electrons. The highest BCUT2D eigenvalue weighted by molar-refractivity contribution is 7.02. The second kappa shape index (κ2) is 6.68. The first-order valence-corrected chi connectivity index (χ1v) is 10.6. The van der Waals surface area contributed by atoms with Crippen molar-refractivity contribution in [1.29, 1.82) is 0 Å². The van der Waals surface area contributed by atoms with E-state index in [-0.39, 0.29) is 17.6 Å². The van der Waals surface area contributed by atoms with E-state index in [0.29, 0.717) is 6.61 Å². The molecular formula is C19H22O3Si. The normalized spacial score (nSPS) is 21.1. The first-order chi connectivity index (χ1) is 11.2. The van der Waals surface area contributed by atoms with Crippen LogP contribution in [-0.2, 0) is 14.3 Å². The van der Waals surface area contributed by atoms with Gasteiger partial charge in [0, 0.05) is 6.61 Å². The van der Waals surface area contributed by atoms with Crippen LogP contribution in [0.25, 0.3) is 0 Å². The van der Waals surface area contributed by atoms with Crippen molar-refractivity contribution in [3.8, 4) is 0 Å². The van der Waals surface area contributed by atoms with Crippen LogP contribution >= 0.6 is 0 Å². The van der Waals surface area contributed by atoms with Gasteiger partial charge in [0.05, 0.1) is 18.8 Å². The predicted molar refractivity (Wildman–Crippen MR) is 93.6 cm³/mol. The van der Waals surface area contributed by atoms with Crippen LogP contribution in [0.2, 0.25) is 6.55 Å². The number of rotatable bonds is 4. The Kier molecular flexibility index (Phi) is 4.64. The molecule has 0 aromatic heterocycles. The van der Waals surface area contributed by atoms with Crippen molar-refractivity contribution in [2.24, 2.45) is 5.92 Å². The highest BCUT2D eigenvalue weighted by atomic mass is 28.3. The lowest BCUT2D eigenvalue weighted by molar-refractivity contribution is -0.146. The zero-order valence-corrected chi connectivity index (χ0v) is 14.6. The Hall–Kier alpha value is -1.91. The van der Waals surface area contributed by atoms with Gasteiger partial charge in [-0.05, 0) is 6.42 Å². The maximum Gasteiger partial charge on any atom is 0.311 e. The maximum atomic E-state index is 12.3. The third-order valence-electron chi connectivity index (χ3n) is 4.91. The molecule has 4 heteroatoms. The van der Waals surface area contributed by atoms with Crippen LogP contribution < -0.4 is 10.4 Å². The van der Waals surface area contributed by atoms with E-state index in [2.05, 4.69) is 55.1 Å². The van der Waals surface area contributed by atoms with E-state index < -0.39 is 8.07 Å². The summed E-state index contributed by atoms with van der Waals surface area (Å²) in [5.41, 5.74) is -0.0975. The van der Waals surface area contributed by atoms with Crippen molar-refractivity contribution >= 4 is 24.4 Å². The zero-order chi connectivity index (χ0) is 16.3. The molecule has 0 aliphatic carbocycles. The third kappa shape index (κ3) is 2.84. The molecule has 1 heterocycles. The molecule has 120 valence electrons. The summed E-state index contributed by atoms with van der Waals surface area (Å²) >= 11 is 0. The zero-order valence-electron chi connectivity index (χ0n) is 13.6. The average molecular weight is 326 g/mol. The quantitative estimate of drug-likeness (QED) is 0.637. The fourth-order valence-corrected chi connectivity index (χ4v) is 7.93. The molecule has 0 unspecified atom stereocenters. The van der Waals surface area contributed by atoms with Gasteiger partial charge in [-0.25, -0.2) is 0 Å². The molecule has 2 atom stereocenters. The molecule has 0 N–H and O–H groups in total. The monoisotopic (exact) mass is 326 g/mol. The summed E-state index contributed by atoms with van der Waals surface area (Å²) in [6.07, 6.45) is 0.736. The fraction of sp³-hybridized carbons (Fsp3) is 0.316. The number of hydrogen-bond acceptors (Lipinski definition) is 3. The van der Waals surface area contributed by atoms with E-state index in [1.807, 2.05) is 12.1 Å². The van der Waals surface area contributed by atoms with Crippen LogP contribution in [0, 0.1) is 5.92 Å². The van der Waals surface area contributed by atoms with Crippen LogP contribution in [0.15, 0.2) is 60.7 Å². The third-order valence-corrected chi connectivity index (χ3v) is 9.68. The average Bonchev–Trinajstić information content (AvgIpc) is 3.12. The second-order valence-corrected chi connectivity index (χ2v) is 10.3. The molecule has 3 nitrogen and oxygen atoms in total. The molecule has 3 rings (SSSR count). The minimum atomic E-state index is -2.23. The first kappa shape index (κ1) is 16.0. The Morgan fingerprint density at radius 3 is 2.04 bits per heavy atom. The summed E-state index contributed by atoms with van der Waals surface area (Å²) in [5.74, 6) is -0.338. The summed E-state index contributed by atoms with van der Waals surface area (Å²) in [7, 11) is -0.774. The van der Waals surface area contributed by atoms with Crippen LogP contribution in [0.3, 0.4) is 0 Å². The van der Waals surface area contributed by atoms with Crippen molar-refractivity contribution in [1.82, 2.24) is 0 Å². The van der Waals surface area contributed by atoms with Gasteiger partial charge in [0.15, 0.2) is 0 Å². The SMILES string of the molecule is COC(=O)[C@H]1CCO[C@@H]1[Si](C)(c1ccccc1)c1ccccc1. The molecule has 1 aliphatic rings. The molecule has 1 fully saturated rings. The van der Waals surface area contributed by atoms with Gasteiger partial charge in [-0.3, -0.25) is 4.79 Å². The topological polar surface area (TPSA) is 35.5 Å². The molecule has 0 saturated carbocycles. The lowest BCUT2D eigenvalue weighted by Gasteiger charge is -2.36. The summed E-state index contributed by atoms with van der Waals surface area (Å²) in [6, 6.07) is 20.9. The van der Waals surface area contributed by atoms with Gasteiger partial charge >= 0.3 is 5.97 Å². The Morgan fingerprint density at radius 1 is 1.04 bits per heavy atom. The highest BCUT2D eigenvalue weighted by Crippen LogP contribution is 2.29. The van der Waals surface area contributed by atoms with Crippen LogP contribution in [0.4, 0.5) is 0 Å². The van der Waals surface area contributed by atoms with E-state index in [1.54, 1.807) is 0 Å².